The molecule has 6 aromatic heterocycles. The largest absolute Gasteiger partial charge is 0.337 e. The third-order valence-electron chi connectivity index (χ3n) is 6.43. The number of hydrogen-bond donors (Lipinski definition) is 1. The molecular formula is C31H44N12Os. The Morgan fingerprint density at radius 2 is 1.05 bits per heavy atom. The number of unbranched alkanes of at least 4 members (excludes halogenated alkanes) is 3. The fourth-order valence-electron chi connectivity index (χ4n) is 3.98. The Morgan fingerprint density at radius 3 is 1.34 bits per heavy atom. The van der Waals surface area contributed by atoms with Crippen LogP contribution in [0.5, 0.6) is 0 Å². The van der Waals surface area contributed by atoms with E-state index >= 15 is 0 Å². The van der Waals surface area contributed by atoms with Crippen molar-refractivity contribution in [3.05, 3.63) is 98.4 Å². The summed E-state index contributed by atoms with van der Waals surface area (Å²) < 4.78 is 9.90. The molecule has 44 heavy (non-hydrogen) atoms. The number of rotatable bonds is 8. The second kappa shape index (κ2) is 19.9. The van der Waals surface area contributed by atoms with Crippen LogP contribution in [-0.2, 0) is 54.5 Å². The summed E-state index contributed by atoms with van der Waals surface area (Å²) in [7, 11) is 7.82. The van der Waals surface area contributed by atoms with Gasteiger partial charge in [-0.3, -0.25) is 4.98 Å². The van der Waals surface area contributed by atoms with Crippen molar-refractivity contribution in [2.75, 3.05) is 6.54 Å². The third kappa shape index (κ3) is 11.8. The zero-order valence-electron chi connectivity index (χ0n) is 26.3. The van der Waals surface area contributed by atoms with E-state index < -0.39 is 0 Å². The zero-order chi connectivity index (χ0) is 30.9. The van der Waals surface area contributed by atoms with Gasteiger partial charge in [-0.05, 0) is 38.4 Å². The Hall–Kier alpha value is -4.20. The standard InChI is InChI=1S/C9H17N3.2C8H10N4.C6H7N.Os/c10-5-3-1-2-4-7-12-8-6-11-9-12;2*1-11-5-3-9-7(11)8-10-4-6-12(8)2;1-6-4-2-3-5-7-6;/h6,8-9H,1-5,7,10H2;2*3-6H,1-2H3;2-5H,1H3;. The summed E-state index contributed by atoms with van der Waals surface area (Å²) in [6.45, 7) is 3.88. The van der Waals surface area contributed by atoms with E-state index in [2.05, 4.69) is 34.5 Å². The summed E-state index contributed by atoms with van der Waals surface area (Å²) in [4.78, 5) is 24.8. The van der Waals surface area contributed by atoms with Gasteiger partial charge in [0.2, 0.25) is 0 Å². The summed E-state index contributed by atoms with van der Waals surface area (Å²) in [5.74, 6) is 3.56. The molecule has 0 fully saturated rings. The van der Waals surface area contributed by atoms with Crippen LogP contribution in [0.4, 0.5) is 0 Å². The van der Waals surface area contributed by atoms with Gasteiger partial charge in [-0.2, -0.15) is 0 Å². The first-order valence-electron chi connectivity index (χ1n) is 14.3. The van der Waals surface area contributed by atoms with Gasteiger partial charge in [-0.15, -0.1) is 0 Å². The molecule has 236 valence electrons. The molecule has 0 aromatic carbocycles. The monoisotopic (exact) mass is 776 g/mol. The first-order valence-corrected chi connectivity index (χ1v) is 14.3. The Labute approximate surface area is 273 Å². The van der Waals surface area contributed by atoms with E-state index in [0.29, 0.717) is 0 Å². The Bertz CT molecular complexity index is 1390. The summed E-state index contributed by atoms with van der Waals surface area (Å²) in [5.41, 5.74) is 6.46. The smallest absolute Gasteiger partial charge is 0.176 e. The number of hydrogen-bond acceptors (Lipinski definition) is 7. The van der Waals surface area contributed by atoms with Crippen molar-refractivity contribution < 1.29 is 19.8 Å². The third-order valence-corrected chi connectivity index (χ3v) is 6.43. The molecule has 0 aliphatic heterocycles. The molecule has 0 spiro atoms. The van der Waals surface area contributed by atoms with Crippen LogP contribution in [0.3, 0.4) is 0 Å². The van der Waals surface area contributed by atoms with Gasteiger partial charge in [0.15, 0.2) is 23.3 Å². The average molecular weight is 775 g/mol. The van der Waals surface area contributed by atoms with Crippen molar-refractivity contribution in [1.82, 2.24) is 52.7 Å². The average Bonchev–Trinajstić information content (AvgIpc) is 3.84. The molecule has 0 atom stereocenters. The van der Waals surface area contributed by atoms with Gasteiger partial charge in [0.1, 0.15) is 0 Å². The van der Waals surface area contributed by atoms with Gasteiger partial charge in [0.25, 0.3) is 0 Å². The number of nitrogens with two attached hydrogens (primary N) is 1. The quantitative estimate of drug-likeness (QED) is 0.227. The van der Waals surface area contributed by atoms with E-state index in [9.17, 15) is 0 Å². The van der Waals surface area contributed by atoms with Crippen LogP contribution in [0.15, 0.2) is 92.7 Å². The molecule has 0 aliphatic rings. The van der Waals surface area contributed by atoms with E-state index in [-0.39, 0.29) is 19.8 Å². The summed E-state index contributed by atoms with van der Waals surface area (Å²) in [5, 5.41) is 0. The van der Waals surface area contributed by atoms with Gasteiger partial charge in [0.05, 0.1) is 6.33 Å². The van der Waals surface area contributed by atoms with Crippen LogP contribution in [0.1, 0.15) is 31.4 Å². The van der Waals surface area contributed by atoms with Crippen LogP contribution < -0.4 is 5.73 Å². The van der Waals surface area contributed by atoms with Crippen LogP contribution in [-0.4, -0.2) is 59.3 Å². The summed E-state index contributed by atoms with van der Waals surface area (Å²) in [6.07, 6.45) is 27.1. The number of imidazole rings is 5. The summed E-state index contributed by atoms with van der Waals surface area (Å²) in [6, 6.07) is 5.86. The second-order valence-electron chi connectivity index (χ2n) is 9.92. The Kier molecular flexibility index (Phi) is 16.3. The molecule has 0 unspecified atom stereocenters. The fourth-order valence-corrected chi connectivity index (χ4v) is 3.98. The van der Waals surface area contributed by atoms with Crippen molar-refractivity contribution in [3.8, 4) is 23.3 Å². The minimum Gasteiger partial charge on any atom is -0.337 e. The van der Waals surface area contributed by atoms with Gasteiger partial charge in [-0.1, -0.05) is 18.9 Å². The van der Waals surface area contributed by atoms with E-state index in [0.717, 1.165) is 48.5 Å². The molecule has 6 rings (SSSR count). The molecule has 12 nitrogen and oxygen atoms in total. The molecule has 6 aromatic rings. The van der Waals surface area contributed by atoms with E-state index in [1.165, 1.54) is 19.3 Å². The Morgan fingerprint density at radius 1 is 0.568 bits per heavy atom. The maximum Gasteiger partial charge on any atom is 0.176 e. The van der Waals surface area contributed by atoms with Crippen molar-refractivity contribution in [2.45, 2.75) is 39.2 Å². The topological polar surface area (TPSA) is 128 Å². The van der Waals surface area contributed by atoms with Crippen molar-refractivity contribution in [1.29, 1.82) is 0 Å². The fraction of sp³-hybridized carbons (Fsp3) is 0.355. The second-order valence-corrected chi connectivity index (χ2v) is 9.92. The minimum atomic E-state index is 0. The van der Waals surface area contributed by atoms with Crippen LogP contribution in [0, 0.1) is 6.92 Å². The Balaban J connectivity index is 0.000000207. The van der Waals surface area contributed by atoms with Crippen molar-refractivity contribution >= 4 is 0 Å². The zero-order valence-corrected chi connectivity index (χ0v) is 28.8. The summed E-state index contributed by atoms with van der Waals surface area (Å²) >= 11 is 0. The normalized spacial score (nSPS) is 9.95. The molecule has 0 bridgehead atoms. The van der Waals surface area contributed by atoms with Crippen LogP contribution >= 0.6 is 0 Å². The predicted molar refractivity (Wildman–Crippen MR) is 170 cm³/mol. The molecule has 0 aliphatic carbocycles. The predicted octanol–water partition coefficient (Wildman–Crippen LogP) is 4.43. The van der Waals surface area contributed by atoms with E-state index in [1.807, 2.05) is 115 Å². The number of nitrogens with zero attached hydrogens (tertiary/aromatic N) is 11. The van der Waals surface area contributed by atoms with Crippen LogP contribution in [0.2, 0.25) is 0 Å². The molecule has 0 saturated heterocycles. The number of aryl methyl sites for hydroxylation is 6. The molecule has 2 N–H and O–H groups in total. The molecule has 6 heterocycles. The maximum absolute atomic E-state index is 5.39. The molecule has 0 amide bonds. The first-order chi connectivity index (χ1) is 20.9. The number of aromatic nitrogens is 11. The SMILES string of the molecule is Cc1ccccn1.Cn1ccnc1-c1nccn1C.Cn1ccnc1-c1nccn1C.NCCCCCCn1ccnc1.[Os]. The molecule has 0 saturated carbocycles. The van der Waals surface area contributed by atoms with Crippen molar-refractivity contribution in [2.24, 2.45) is 33.9 Å². The van der Waals surface area contributed by atoms with Gasteiger partial charge < -0.3 is 28.6 Å². The van der Waals surface area contributed by atoms with Gasteiger partial charge in [0, 0.05) is 128 Å². The van der Waals surface area contributed by atoms with Gasteiger partial charge >= 0.3 is 0 Å². The first kappa shape index (κ1) is 36.0. The minimum absolute atomic E-state index is 0. The van der Waals surface area contributed by atoms with Gasteiger partial charge in [-0.25, -0.2) is 24.9 Å². The van der Waals surface area contributed by atoms with Crippen LogP contribution in [0.25, 0.3) is 23.3 Å². The number of pyridine rings is 1. The maximum atomic E-state index is 5.39. The van der Waals surface area contributed by atoms with E-state index in [1.54, 1.807) is 31.0 Å². The molecular weight excluding hydrogens is 731 g/mol. The van der Waals surface area contributed by atoms with Crippen molar-refractivity contribution in [3.63, 3.8) is 0 Å². The van der Waals surface area contributed by atoms with E-state index in [4.69, 9.17) is 5.73 Å². The molecule has 0 radical (unpaired) electrons. The molecule has 13 heteroatoms.